The van der Waals surface area contributed by atoms with Crippen LogP contribution in [0.5, 0.6) is 17.2 Å². The fraction of sp³-hybridized carbons (Fsp3) is 0.636. The summed E-state index contributed by atoms with van der Waals surface area (Å²) in [7, 11) is 11.1. The van der Waals surface area contributed by atoms with Gasteiger partial charge in [0.15, 0.2) is 11.5 Å². The number of hydrogen-bond acceptors (Lipinski definition) is 5. The van der Waals surface area contributed by atoms with Crippen molar-refractivity contribution in [1.82, 2.24) is 10.6 Å². The first-order chi connectivity index (χ1) is 14.7. The largest absolute Gasteiger partial charge is 0.502 e. The Labute approximate surface area is 185 Å². The molecule has 0 radical (unpaired) electrons. The molecule has 5 N–H and O–H groups in total. The second kappa shape index (κ2) is 13.7. The molecule has 1 rings (SSSR count). The molecule has 0 heterocycles. The maximum Gasteiger partial charge on any atom is 0.232 e. The van der Waals surface area contributed by atoms with E-state index in [2.05, 4.69) is 38.8 Å². The van der Waals surface area contributed by atoms with Gasteiger partial charge in [0.2, 0.25) is 17.6 Å². The van der Waals surface area contributed by atoms with Crippen molar-refractivity contribution in [3.63, 3.8) is 0 Å². The Kier molecular flexibility index (Phi) is 11.7. The number of aromatic hydroxyl groups is 1. The molecular weight excluding hydrogens is 400 g/mol. The SMILES string of the molecule is COc1cc(CC(C(=O)NCCC[NH+](C)C)C(=O)NCCC[NH+](C)C)cc(OC)c1O. The Hall–Kier alpha value is -2.52. The minimum Gasteiger partial charge on any atom is -0.502 e. The van der Waals surface area contributed by atoms with Crippen molar-refractivity contribution in [1.29, 1.82) is 0 Å². The number of phenolic OH excluding ortho intramolecular Hbond substituents is 1. The Bertz CT molecular complexity index is 656. The highest BCUT2D eigenvalue weighted by molar-refractivity contribution is 6.00. The number of methoxy groups -OCH3 is 2. The van der Waals surface area contributed by atoms with E-state index in [9.17, 15) is 14.7 Å². The highest BCUT2D eigenvalue weighted by Gasteiger charge is 2.27. The predicted molar refractivity (Wildman–Crippen MR) is 119 cm³/mol. The third kappa shape index (κ3) is 9.44. The van der Waals surface area contributed by atoms with E-state index in [1.807, 2.05) is 0 Å². The topological polar surface area (TPSA) is 106 Å². The lowest BCUT2D eigenvalue weighted by atomic mass is 9.96. The molecule has 9 nitrogen and oxygen atoms in total. The maximum atomic E-state index is 12.9. The standard InChI is InChI=1S/C22H38N4O5/c1-25(2)11-7-9-23-21(28)17(22(29)24-10-8-12-26(3)4)13-16-14-18(30-5)20(27)19(15-16)31-6/h14-15,17,27H,7-13H2,1-6H3,(H,23,28)(H,24,29)/p+2. The summed E-state index contributed by atoms with van der Waals surface area (Å²) < 4.78 is 10.4. The van der Waals surface area contributed by atoms with E-state index in [4.69, 9.17) is 9.47 Å². The lowest BCUT2D eigenvalue weighted by Crippen LogP contribution is -3.05. The second-order valence-electron chi connectivity index (χ2n) is 8.31. The number of quaternary nitrogens is 2. The molecule has 0 aliphatic carbocycles. The van der Waals surface area contributed by atoms with Crippen LogP contribution in [0.3, 0.4) is 0 Å². The monoisotopic (exact) mass is 440 g/mol. The molecule has 31 heavy (non-hydrogen) atoms. The second-order valence-corrected chi connectivity index (χ2v) is 8.31. The van der Waals surface area contributed by atoms with Gasteiger partial charge in [-0.2, -0.15) is 0 Å². The number of phenols is 1. The zero-order valence-corrected chi connectivity index (χ0v) is 19.8. The third-order valence-corrected chi connectivity index (χ3v) is 4.92. The molecule has 0 bridgehead atoms. The average Bonchev–Trinajstić information content (AvgIpc) is 2.72. The number of rotatable bonds is 14. The average molecular weight is 441 g/mol. The van der Waals surface area contributed by atoms with Gasteiger partial charge in [-0.05, 0) is 24.1 Å². The lowest BCUT2D eigenvalue weighted by molar-refractivity contribution is -0.858. The fourth-order valence-corrected chi connectivity index (χ4v) is 3.16. The van der Waals surface area contributed by atoms with Crippen LogP contribution in [0.2, 0.25) is 0 Å². The fourth-order valence-electron chi connectivity index (χ4n) is 3.16. The van der Waals surface area contributed by atoms with Crippen molar-refractivity contribution in [3.8, 4) is 17.2 Å². The van der Waals surface area contributed by atoms with Crippen molar-refractivity contribution < 1.29 is 34.0 Å². The number of amides is 2. The number of ether oxygens (including phenoxy) is 2. The van der Waals surface area contributed by atoms with Gasteiger partial charge >= 0.3 is 0 Å². The number of nitrogens with one attached hydrogen (secondary N) is 4. The van der Waals surface area contributed by atoms with Crippen LogP contribution >= 0.6 is 0 Å². The highest BCUT2D eigenvalue weighted by atomic mass is 16.5. The number of hydrogen-bond donors (Lipinski definition) is 5. The van der Waals surface area contributed by atoms with Crippen LogP contribution in [0.25, 0.3) is 0 Å². The number of carbonyl (C=O) groups excluding carboxylic acids is 2. The first kappa shape index (κ1) is 26.5. The van der Waals surface area contributed by atoms with Crippen molar-refractivity contribution >= 4 is 11.8 Å². The minimum absolute atomic E-state index is 0.114. The summed E-state index contributed by atoms with van der Waals surface area (Å²) in [4.78, 5) is 28.3. The zero-order valence-electron chi connectivity index (χ0n) is 19.8. The Morgan fingerprint density at radius 3 is 1.68 bits per heavy atom. The summed E-state index contributed by atoms with van der Waals surface area (Å²) in [6.45, 7) is 2.88. The van der Waals surface area contributed by atoms with E-state index in [1.165, 1.54) is 24.0 Å². The van der Waals surface area contributed by atoms with E-state index in [0.29, 0.717) is 18.7 Å². The van der Waals surface area contributed by atoms with Gasteiger partial charge in [-0.15, -0.1) is 0 Å². The molecule has 1 aromatic carbocycles. The molecule has 0 atom stereocenters. The molecular formula is C22H40N4O5+2. The van der Waals surface area contributed by atoms with Gasteiger partial charge in [0.1, 0.15) is 5.92 Å². The Morgan fingerprint density at radius 2 is 1.32 bits per heavy atom. The van der Waals surface area contributed by atoms with Crippen LogP contribution in [0.4, 0.5) is 0 Å². The van der Waals surface area contributed by atoms with Crippen LogP contribution in [-0.4, -0.2) is 85.5 Å². The third-order valence-electron chi connectivity index (χ3n) is 4.92. The molecule has 2 amide bonds. The molecule has 0 fully saturated rings. The van der Waals surface area contributed by atoms with Crippen molar-refractivity contribution in [2.45, 2.75) is 19.3 Å². The molecule has 0 aromatic heterocycles. The smallest absolute Gasteiger partial charge is 0.232 e. The minimum atomic E-state index is -0.891. The molecule has 0 saturated heterocycles. The molecule has 0 unspecified atom stereocenters. The lowest BCUT2D eigenvalue weighted by Gasteiger charge is -2.18. The molecule has 0 saturated carbocycles. The van der Waals surface area contributed by atoms with Gasteiger partial charge in [-0.1, -0.05) is 0 Å². The molecule has 176 valence electrons. The van der Waals surface area contributed by atoms with E-state index < -0.39 is 5.92 Å². The van der Waals surface area contributed by atoms with E-state index in [0.717, 1.165) is 25.9 Å². The van der Waals surface area contributed by atoms with E-state index in [-0.39, 0.29) is 35.5 Å². The van der Waals surface area contributed by atoms with Crippen molar-refractivity contribution in [2.75, 3.05) is 68.6 Å². The van der Waals surface area contributed by atoms with Gasteiger partial charge in [0, 0.05) is 25.9 Å². The summed E-state index contributed by atoms with van der Waals surface area (Å²) in [5.41, 5.74) is 0.664. The number of carbonyl (C=O) groups is 2. The predicted octanol–water partition coefficient (Wildman–Crippen LogP) is -2.13. The summed E-state index contributed by atoms with van der Waals surface area (Å²) in [6.07, 6.45) is 1.83. The van der Waals surface area contributed by atoms with E-state index >= 15 is 0 Å². The van der Waals surface area contributed by atoms with Gasteiger partial charge in [0.05, 0.1) is 55.5 Å². The first-order valence-corrected chi connectivity index (χ1v) is 10.8. The Balaban J connectivity index is 2.93. The van der Waals surface area contributed by atoms with Crippen LogP contribution in [0, 0.1) is 5.92 Å². The first-order valence-electron chi connectivity index (χ1n) is 10.8. The van der Waals surface area contributed by atoms with Crippen LogP contribution < -0.4 is 29.9 Å². The maximum absolute atomic E-state index is 12.9. The van der Waals surface area contributed by atoms with Crippen LogP contribution in [-0.2, 0) is 16.0 Å². The molecule has 0 aliphatic rings. The summed E-state index contributed by atoms with van der Waals surface area (Å²) in [6, 6.07) is 3.24. The number of benzene rings is 1. The molecule has 0 spiro atoms. The van der Waals surface area contributed by atoms with Crippen LogP contribution in [0.1, 0.15) is 18.4 Å². The molecule has 0 aliphatic heterocycles. The molecule has 1 aromatic rings. The normalized spacial score (nSPS) is 11.1. The van der Waals surface area contributed by atoms with Crippen molar-refractivity contribution in [2.24, 2.45) is 5.92 Å². The van der Waals surface area contributed by atoms with Gasteiger partial charge in [-0.3, -0.25) is 9.59 Å². The summed E-state index contributed by atoms with van der Waals surface area (Å²) >= 11 is 0. The highest BCUT2D eigenvalue weighted by Crippen LogP contribution is 2.37. The van der Waals surface area contributed by atoms with Gasteiger partial charge < -0.3 is 35.0 Å². The summed E-state index contributed by atoms with van der Waals surface area (Å²) in [5, 5.41) is 15.9. The van der Waals surface area contributed by atoms with Gasteiger partial charge in [0.25, 0.3) is 0 Å². The van der Waals surface area contributed by atoms with Crippen LogP contribution in [0.15, 0.2) is 12.1 Å². The van der Waals surface area contributed by atoms with E-state index in [1.54, 1.807) is 12.1 Å². The van der Waals surface area contributed by atoms with Gasteiger partial charge in [-0.25, -0.2) is 0 Å². The quantitative estimate of drug-likeness (QED) is 0.168. The zero-order chi connectivity index (χ0) is 23.4. The van der Waals surface area contributed by atoms with Crippen molar-refractivity contribution in [3.05, 3.63) is 17.7 Å². The molecule has 9 heteroatoms. The summed E-state index contributed by atoms with van der Waals surface area (Å²) in [5.74, 6) is -1.16. The Morgan fingerprint density at radius 1 is 0.903 bits per heavy atom.